The molecule has 1 aliphatic carbocycles. The van der Waals surface area contributed by atoms with Gasteiger partial charge in [0.25, 0.3) is 0 Å². The number of carbonyl (C=O) groups is 2. The van der Waals surface area contributed by atoms with Crippen LogP contribution in [0.1, 0.15) is 78.3 Å². The van der Waals surface area contributed by atoms with E-state index in [1.165, 1.54) is 17.7 Å². The number of piperidine rings is 1. The number of amides is 2. The number of benzene rings is 2. The summed E-state index contributed by atoms with van der Waals surface area (Å²) in [7, 11) is 0. The van der Waals surface area contributed by atoms with E-state index in [2.05, 4.69) is 5.32 Å². The Hall–Kier alpha value is -2.73. The van der Waals surface area contributed by atoms with Crippen LogP contribution in [0.25, 0.3) is 0 Å². The van der Waals surface area contributed by atoms with Crippen molar-refractivity contribution in [3.8, 4) is 0 Å². The summed E-state index contributed by atoms with van der Waals surface area (Å²) in [6.07, 6.45) is 6.86. The lowest BCUT2D eigenvalue weighted by Gasteiger charge is -2.31. The Kier molecular flexibility index (Phi) is 7.76. The molecule has 2 aromatic carbocycles. The first-order valence-corrected chi connectivity index (χ1v) is 12.2. The van der Waals surface area contributed by atoms with Crippen LogP contribution < -0.4 is 11.1 Å². The molecular formula is C27H34FN3O2. The third-order valence-electron chi connectivity index (χ3n) is 6.98. The average Bonchev–Trinajstić information content (AvgIpc) is 3.61. The van der Waals surface area contributed by atoms with Crippen LogP contribution in [-0.2, 0) is 4.79 Å². The molecule has 0 radical (unpaired) electrons. The van der Waals surface area contributed by atoms with Crippen LogP contribution in [0.2, 0.25) is 0 Å². The van der Waals surface area contributed by atoms with Crippen molar-refractivity contribution in [3.05, 3.63) is 71.0 Å². The Morgan fingerprint density at radius 2 is 1.76 bits per heavy atom. The van der Waals surface area contributed by atoms with Crippen LogP contribution in [0.4, 0.5) is 4.39 Å². The largest absolute Gasteiger partial charge is 0.366 e. The lowest BCUT2D eigenvalue weighted by molar-refractivity contribution is -0.133. The molecule has 0 spiro atoms. The molecule has 1 saturated heterocycles. The molecule has 1 aliphatic heterocycles. The highest BCUT2D eigenvalue weighted by molar-refractivity contribution is 5.97. The number of primary amides is 1. The zero-order valence-electron chi connectivity index (χ0n) is 19.1. The molecule has 4 rings (SSSR count). The van der Waals surface area contributed by atoms with Crippen molar-refractivity contribution in [2.24, 2.45) is 5.73 Å². The molecule has 0 aromatic heterocycles. The first kappa shape index (κ1) is 23.4. The van der Waals surface area contributed by atoms with Gasteiger partial charge in [0.1, 0.15) is 5.82 Å². The van der Waals surface area contributed by atoms with Gasteiger partial charge in [0.15, 0.2) is 0 Å². The lowest BCUT2D eigenvalue weighted by Crippen LogP contribution is -2.39. The van der Waals surface area contributed by atoms with Crippen molar-refractivity contribution in [3.63, 3.8) is 0 Å². The average molecular weight is 452 g/mol. The van der Waals surface area contributed by atoms with E-state index in [9.17, 15) is 14.0 Å². The van der Waals surface area contributed by atoms with Gasteiger partial charge in [-0.3, -0.25) is 9.59 Å². The molecule has 3 atom stereocenters. The minimum Gasteiger partial charge on any atom is -0.366 e. The predicted molar refractivity (Wildman–Crippen MR) is 128 cm³/mol. The van der Waals surface area contributed by atoms with E-state index in [1.54, 1.807) is 12.1 Å². The maximum atomic E-state index is 13.4. The topological polar surface area (TPSA) is 75.4 Å². The van der Waals surface area contributed by atoms with Crippen LogP contribution in [0.15, 0.2) is 48.5 Å². The summed E-state index contributed by atoms with van der Waals surface area (Å²) in [5.74, 6) is -0.434. The molecule has 1 heterocycles. The Balaban J connectivity index is 1.32. The van der Waals surface area contributed by atoms with Gasteiger partial charge < -0.3 is 16.0 Å². The van der Waals surface area contributed by atoms with Crippen molar-refractivity contribution in [2.75, 3.05) is 19.6 Å². The first-order valence-electron chi connectivity index (χ1n) is 12.2. The van der Waals surface area contributed by atoms with Crippen LogP contribution in [0.5, 0.6) is 0 Å². The maximum Gasteiger partial charge on any atom is 0.249 e. The first-order chi connectivity index (χ1) is 16.0. The van der Waals surface area contributed by atoms with Gasteiger partial charge in [-0.05, 0) is 74.4 Å². The van der Waals surface area contributed by atoms with E-state index in [0.717, 1.165) is 63.7 Å². The second kappa shape index (κ2) is 10.9. The Morgan fingerprint density at radius 3 is 2.48 bits per heavy atom. The van der Waals surface area contributed by atoms with Crippen molar-refractivity contribution in [2.45, 2.75) is 62.8 Å². The fourth-order valence-corrected chi connectivity index (χ4v) is 5.03. The van der Waals surface area contributed by atoms with Crippen molar-refractivity contribution in [1.29, 1.82) is 0 Å². The molecule has 6 heteroatoms. The molecular weight excluding hydrogens is 417 g/mol. The Labute approximate surface area is 195 Å². The number of unbranched alkanes of at least 4 members (excludes halogenated alkanes) is 1. The minimum atomic E-state index is -0.482. The molecule has 5 nitrogen and oxygen atoms in total. The summed E-state index contributed by atoms with van der Waals surface area (Å²) in [4.78, 5) is 27.4. The summed E-state index contributed by atoms with van der Waals surface area (Å²) in [5, 5.41) is 3.59. The van der Waals surface area contributed by atoms with Crippen molar-refractivity contribution < 1.29 is 14.0 Å². The standard InChI is InChI=1S/C27H34FN3O2/c28-20-13-11-19(12-14-20)24-18-25(24)30-15-5-4-10-23(27(33)31-16-6-1-7-17-31)21-8-2-3-9-22(21)26(29)32/h2-3,8-9,11-14,23-25,30H,1,4-7,10,15-18H2,(H2,29,32)/t23-,24-,25+/m0/s1. The highest BCUT2D eigenvalue weighted by Crippen LogP contribution is 2.40. The SMILES string of the molecule is NC(=O)c1ccccc1[C@H](CCCCN[C@@H]1C[C@H]1c1ccc(F)cc1)C(=O)N1CCCCC1. The highest BCUT2D eigenvalue weighted by atomic mass is 19.1. The summed E-state index contributed by atoms with van der Waals surface area (Å²) in [6, 6.07) is 14.5. The molecule has 2 aliphatic rings. The number of nitrogens with zero attached hydrogens (tertiary/aromatic N) is 1. The van der Waals surface area contributed by atoms with Gasteiger partial charge in [0.05, 0.1) is 5.92 Å². The van der Waals surface area contributed by atoms with Gasteiger partial charge >= 0.3 is 0 Å². The molecule has 2 aromatic rings. The number of rotatable bonds is 10. The zero-order valence-corrected chi connectivity index (χ0v) is 19.1. The van der Waals surface area contributed by atoms with Gasteiger partial charge in [-0.2, -0.15) is 0 Å². The Morgan fingerprint density at radius 1 is 1.03 bits per heavy atom. The number of carbonyl (C=O) groups excluding carboxylic acids is 2. The van der Waals surface area contributed by atoms with E-state index >= 15 is 0 Å². The van der Waals surface area contributed by atoms with E-state index in [-0.39, 0.29) is 17.6 Å². The highest BCUT2D eigenvalue weighted by Gasteiger charge is 2.37. The minimum absolute atomic E-state index is 0.120. The van der Waals surface area contributed by atoms with E-state index in [4.69, 9.17) is 5.73 Å². The molecule has 0 bridgehead atoms. The number of hydrogen-bond donors (Lipinski definition) is 2. The van der Waals surface area contributed by atoms with Crippen LogP contribution in [0.3, 0.4) is 0 Å². The molecule has 176 valence electrons. The monoisotopic (exact) mass is 451 g/mol. The van der Waals surface area contributed by atoms with Gasteiger partial charge in [0.2, 0.25) is 11.8 Å². The molecule has 0 unspecified atom stereocenters. The number of nitrogens with one attached hydrogen (secondary N) is 1. The summed E-state index contributed by atoms with van der Waals surface area (Å²) < 4.78 is 13.1. The normalized spacial score (nSPS) is 20.9. The molecule has 2 amide bonds. The smallest absolute Gasteiger partial charge is 0.249 e. The molecule has 33 heavy (non-hydrogen) atoms. The number of likely N-dealkylation sites (tertiary alicyclic amines) is 1. The van der Waals surface area contributed by atoms with Crippen LogP contribution >= 0.6 is 0 Å². The van der Waals surface area contributed by atoms with Crippen molar-refractivity contribution >= 4 is 11.8 Å². The van der Waals surface area contributed by atoms with E-state index in [0.29, 0.717) is 23.9 Å². The number of nitrogens with two attached hydrogens (primary N) is 1. The van der Waals surface area contributed by atoms with Crippen molar-refractivity contribution in [1.82, 2.24) is 10.2 Å². The van der Waals surface area contributed by atoms with E-state index in [1.807, 2.05) is 29.2 Å². The lowest BCUT2D eigenvalue weighted by atomic mass is 9.88. The molecule has 2 fully saturated rings. The molecule has 3 N–H and O–H groups in total. The zero-order chi connectivity index (χ0) is 23.2. The fraction of sp³-hybridized carbons (Fsp3) is 0.481. The van der Waals surface area contributed by atoms with Crippen LogP contribution in [0, 0.1) is 5.82 Å². The number of halogens is 1. The van der Waals surface area contributed by atoms with Gasteiger partial charge in [0, 0.05) is 30.6 Å². The maximum absolute atomic E-state index is 13.4. The third kappa shape index (κ3) is 5.99. The summed E-state index contributed by atoms with van der Waals surface area (Å²) in [6.45, 7) is 2.47. The van der Waals surface area contributed by atoms with Gasteiger partial charge in [-0.1, -0.05) is 36.8 Å². The van der Waals surface area contributed by atoms with E-state index < -0.39 is 5.91 Å². The third-order valence-corrected chi connectivity index (χ3v) is 6.98. The predicted octanol–water partition coefficient (Wildman–Crippen LogP) is 4.34. The Bertz CT molecular complexity index is 956. The summed E-state index contributed by atoms with van der Waals surface area (Å²) >= 11 is 0. The number of hydrogen-bond acceptors (Lipinski definition) is 3. The van der Waals surface area contributed by atoms with Crippen LogP contribution in [-0.4, -0.2) is 42.4 Å². The fourth-order valence-electron chi connectivity index (χ4n) is 5.03. The van der Waals surface area contributed by atoms with Gasteiger partial charge in [-0.25, -0.2) is 4.39 Å². The second-order valence-electron chi connectivity index (χ2n) is 9.34. The van der Waals surface area contributed by atoms with Gasteiger partial charge in [-0.15, -0.1) is 0 Å². The summed E-state index contributed by atoms with van der Waals surface area (Å²) in [5.41, 5.74) is 8.01. The quantitative estimate of drug-likeness (QED) is 0.528. The molecule has 1 saturated carbocycles. The second-order valence-corrected chi connectivity index (χ2v) is 9.34.